The van der Waals surface area contributed by atoms with Gasteiger partial charge in [0.1, 0.15) is 0 Å². The second-order valence-electron chi connectivity index (χ2n) is 4.55. The van der Waals surface area contributed by atoms with Crippen LogP contribution in [0.15, 0.2) is 10.2 Å². The summed E-state index contributed by atoms with van der Waals surface area (Å²) in [6.45, 7) is 4.81. The van der Waals surface area contributed by atoms with E-state index in [-0.39, 0.29) is 0 Å². The Kier molecular flexibility index (Phi) is 12.9. The summed E-state index contributed by atoms with van der Waals surface area (Å²) in [6.07, 6.45) is 6.48. The lowest BCUT2D eigenvalue weighted by molar-refractivity contribution is 0.143. The zero-order valence-corrected chi connectivity index (χ0v) is 12.6. The molecule has 0 aromatic carbocycles. The van der Waals surface area contributed by atoms with Gasteiger partial charge in [0.15, 0.2) is 0 Å². The normalized spacial score (nSPS) is 10.7. The molecule has 0 N–H and O–H groups in total. The molecule has 2 amide bonds. The minimum absolute atomic E-state index is 0.304. The molecular formula is C14H26N2O4. The number of nitrogens with zero attached hydrogens (tertiary/aromatic N) is 2. The van der Waals surface area contributed by atoms with Crippen LogP contribution in [0.5, 0.6) is 0 Å². The summed E-state index contributed by atoms with van der Waals surface area (Å²) in [5.74, 6) is 0. The highest BCUT2D eigenvalue weighted by molar-refractivity contribution is 5.73. The minimum atomic E-state index is -0.846. The van der Waals surface area contributed by atoms with Crippen LogP contribution in [0, 0.1) is 0 Å². The maximum absolute atomic E-state index is 11.1. The van der Waals surface area contributed by atoms with Gasteiger partial charge in [-0.25, -0.2) is 9.59 Å². The van der Waals surface area contributed by atoms with Gasteiger partial charge in [0.2, 0.25) is 0 Å². The summed E-state index contributed by atoms with van der Waals surface area (Å²) in [5, 5.41) is 6.29. The minimum Gasteiger partial charge on any atom is -0.447 e. The molecule has 0 spiro atoms. The van der Waals surface area contributed by atoms with E-state index < -0.39 is 12.2 Å². The molecule has 0 heterocycles. The summed E-state index contributed by atoms with van der Waals surface area (Å²) < 4.78 is 9.57. The average Bonchev–Trinajstić information content (AvgIpc) is 2.45. The molecule has 0 atom stereocenters. The molecule has 0 aromatic rings. The van der Waals surface area contributed by atoms with Gasteiger partial charge in [-0.05, 0) is 12.8 Å². The molecule has 0 unspecified atom stereocenters. The van der Waals surface area contributed by atoms with Crippen molar-refractivity contribution in [2.24, 2.45) is 10.2 Å². The SMILES string of the molecule is CCCCCCCOC(=O)/N=N/C(=O)OCCCCC. The van der Waals surface area contributed by atoms with Gasteiger partial charge in [0, 0.05) is 0 Å². The van der Waals surface area contributed by atoms with Crippen LogP contribution in [0.2, 0.25) is 0 Å². The third kappa shape index (κ3) is 13.0. The molecule has 0 bridgehead atoms. The van der Waals surface area contributed by atoms with Gasteiger partial charge in [-0.1, -0.05) is 62.6 Å². The van der Waals surface area contributed by atoms with Crippen LogP contribution in [-0.4, -0.2) is 25.4 Å². The van der Waals surface area contributed by atoms with E-state index in [9.17, 15) is 9.59 Å². The largest absolute Gasteiger partial charge is 0.452 e. The van der Waals surface area contributed by atoms with E-state index in [0.717, 1.165) is 38.5 Å². The first-order valence-corrected chi connectivity index (χ1v) is 7.46. The van der Waals surface area contributed by atoms with Crippen molar-refractivity contribution >= 4 is 12.2 Å². The highest BCUT2D eigenvalue weighted by Crippen LogP contribution is 2.03. The molecule has 0 saturated carbocycles. The number of amides is 2. The molecule has 0 aliphatic heterocycles. The molecule has 0 saturated heterocycles. The third-order valence-electron chi connectivity index (χ3n) is 2.66. The Balaban J connectivity index is 3.53. The van der Waals surface area contributed by atoms with Crippen molar-refractivity contribution in [2.75, 3.05) is 13.2 Å². The van der Waals surface area contributed by atoms with E-state index in [1.165, 1.54) is 12.8 Å². The summed E-state index contributed by atoms with van der Waals surface area (Å²) in [6, 6.07) is 0. The van der Waals surface area contributed by atoms with Gasteiger partial charge in [-0.2, -0.15) is 0 Å². The monoisotopic (exact) mass is 286 g/mol. The highest BCUT2D eigenvalue weighted by Gasteiger charge is 2.03. The van der Waals surface area contributed by atoms with Crippen LogP contribution in [0.3, 0.4) is 0 Å². The molecule has 0 aliphatic carbocycles. The zero-order chi connectivity index (χ0) is 15.1. The summed E-state index contributed by atoms with van der Waals surface area (Å²) in [5.41, 5.74) is 0. The van der Waals surface area contributed by atoms with Crippen molar-refractivity contribution in [1.82, 2.24) is 0 Å². The highest BCUT2D eigenvalue weighted by atomic mass is 16.6. The molecule has 6 nitrogen and oxygen atoms in total. The topological polar surface area (TPSA) is 77.3 Å². The summed E-state index contributed by atoms with van der Waals surface area (Å²) in [4.78, 5) is 22.2. The first-order valence-electron chi connectivity index (χ1n) is 7.46. The van der Waals surface area contributed by atoms with Crippen molar-refractivity contribution < 1.29 is 19.1 Å². The summed E-state index contributed by atoms with van der Waals surface area (Å²) in [7, 11) is 0. The van der Waals surface area contributed by atoms with Gasteiger partial charge in [-0.3, -0.25) is 0 Å². The Hall–Kier alpha value is -1.46. The van der Waals surface area contributed by atoms with Gasteiger partial charge in [0.25, 0.3) is 0 Å². The lowest BCUT2D eigenvalue weighted by Gasteiger charge is -2.01. The van der Waals surface area contributed by atoms with Crippen molar-refractivity contribution in [3.8, 4) is 0 Å². The van der Waals surface area contributed by atoms with E-state index in [2.05, 4.69) is 24.1 Å². The van der Waals surface area contributed by atoms with Gasteiger partial charge < -0.3 is 9.47 Å². The fourth-order valence-corrected chi connectivity index (χ4v) is 1.52. The number of rotatable bonds is 10. The van der Waals surface area contributed by atoms with Crippen LogP contribution in [0.1, 0.15) is 65.2 Å². The molecular weight excluding hydrogens is 260 g/mol. The fourth-order valence-electron chi connectivity index (χ4n) is 1.52. The molecule has 0 rings (SSSR count). The predicted octanol–water partition coefficient (Wildman–Crippen LogP) is 4.87. The second kappa shape index (κ2) is 14.0. The molecule has 0 aromatic heterocycles. The van der Waals surface area contributed by atoms with E-state index in [1.807, 2.05) is 0 Å². The van der Waals surface area contributed by atoms with Crippen LogP contribution in [0.25, 0.3) is 0 Å². The smallest absolute Gasteiger partial charge is 0.447 e. The number of carbonyl (C=O) groups is 2. The second-order valence-corrected chi connectivity index (χ2v) is 4.55. The molecule has 6 heteroatoms. The number of ether oxygens (including phenoxy) is 2. The van der Waals surface area contributed by atoms with Crippen LogP contribution in [-0.2, 0) is 9.47 Å². The number of hydrogen-bond donors (Lipinski definition) is 0. The lowest BCUT2D eigenvalue weighted by atomic mass is 10.2. The Morgan fingerprint density at radius 1 is 0.700 bits per heavy atom. The maximum atomic E-state index is 11.1. The molecule has 20 heavy (non-hydrogen) atoms. The Morgan fingerprint density at radius 3 is 1.60 bits per heavy atom. The third-order valence-corrected chi connectivity index (χ3v) is 2.66. The Morgan fingerprint density at radius 2 is 1.10 bits per heavy atom. The molecule has 0 fully saturated rings. The number of unbranched alkanes of at least 4 members (excludes halogenated alkanes) is 6. The van der Waals surface area contributed by atoms with E-state index >= 15 is 0 Å². The van der Waals surface area contributed by atoms with E-state index in [4.69, 9.17) is 9.47 Å². The number of azo groups is 1. The van der Waals surface area contributed by atoms with Gasteiger partial charge >= 0.3 is 12.2 Å². The van der Waals surface area contributed by atoms with Gasteiger partial charge in [-0.15, -0.1) is 0 Å². The van der Waals surface area contributed by atoms with Crippen LogP contribution >= 0.6 is 0 Å². The van der Waals surface area contributed by atoms with E-state index in [0.29, 0.717) is 13.2 Å². The molecule has 116 valence electrons. The predicted molar refractivity (Wildman–Crippen MR) is 75.8 cm³/mol. The van der Waals surface area contributed by atoms with Crippen LogP contribution in [0.4, 0.5) is 9.59 Å². The first-order chi connectivity index (χ1) is 9.70. The molecule has 0 radical (unpaired) electrons. The quantitative estimate of drug-likeness (QED) is 0.424. The lowest BCUT2D eigenvalue weighted by Crippen LogP contribution is -2.03. The maximum Gasteiger partial charge on any atom is 0.452 e. The van der Waals surface area contributed by atoms with Crippen LogP contribution < -0.4 is 0 Å². The zero-order valence-electron chi connectivity index (χ0n) is 12.6. The first kappa shape index (κ1) is 18.5. The Labute approximate surface area is 120 Å². The van der Waals surface area contributed by atoms with E-state index in [1.54, 1.807) is 0 Å². The average molecular weight is 286 g/mol. The Bertz CT molecular complexity index is 293. The number of hydrogen-bond acceptors (Lipinski definition) is 4. The van der Waals surface area contributed by atoms with Crippen molar-refractivity contribution in [3.05, 3.63) is 0 Å². The number of carbonyl (C=O) groups excluding carboxylic acids is 2. The van der Waals surface area contributed by atoms with Crippen molar-refractivity contribution in [1.29, 1.82) is 0 Å². The van der Waals surface area contributed by atoms with Gasteiger partial charge in [0.05, 0.1) is 13.2 Å². The summed E-state index contributed by atoms with van der Waals surface area (Å²) >= 11 is 0. The van der Waals surface area contributed by atoms with Crippen molar-refractivity contribution in [3.63, 3.8) is 0 Å². The van der Waals surface area contributed by atoms with Crippen molar-refractivity contribution in [2.45, 2.75) is 65.2 Å². The fraction of sp³-hybridized carbons (Fsp3) is 0.857. The standard InChI is InChI=1S/C14H26N2O4/c1-3-5-7-8-10-12-20-14(18)16-15-13(17)19-11-9-6-4-2/h3-12H2,1-2H3/b16-15+. The molecule has 0 aliphatic rings.